The van der Waals surface area contributed by atoms with Gasteiger partial charge in [-0.15, -0.1) is 11.3 Å². The summed E-state index contributed by atoms with van der Waals surface area (Å²) >= 11 is 1.38. The van der Waals surface area contributed by atoms with Crippen LogP contribution >= 0.6 is 11.3 Å². The molecule has 0 unspecified atom stereocenters. The number of rotatable bonds is 3. The van der Waals surface area contributed by atoms with Crippen LogP contribution in [0.25, 0.3) is 0 Å². The maximum Gasteiger partial charge on any atom is 0.239 e. The summed E-state index contributed by atoms with van der Waals surface area (Å²) in [6.07, 6.45) is 0. The number of likely N-dealkylation sites (N-methyl/N-ethyl adjacent to an activating group) is 1. The molecule has 0 spiro atoms. The predicted molar refractivity (Wildman–Crippen MR) is 71.6 cm³/mol. The first-order valence-electron chi connectivity index (χ1n) is 5.87. The lowest BCUT2D eigenvalue weighted by atomic mass is 10.3. The summed E-state index contributed by atoms with van der Waals surface area (Å²) in [4.78, 5) is 16.2. The highest BCUT2D eigenvalue weighted by Crippen LogP contribution is 2.21. The zero-order valence-corrected chi connectivity index (χ0v) is 11.2. The number of hydrogen-bond acceptors (Lipinski definition) is 5. The highest BCUT2D eigenvalue weighted by Gasteiger charge is 2.17. The quantitative estimate of drug-likeness (QED) is 0.877. The van der Waals surface area contributed by atoms with Gasteiger partial charge in [0.15, 0.2) is 0 Å². The smallest absolute Gasteiger partial charge is 0.239 e. The highest BCUT2D eigenvalue weighted by atomic mass is 32.1. The first kappa shape index (κ1) is 13.0. The summed E-state index contributed by atoms with van der Waals surface area (Å²) in [7, 11) is 2.09. The van der Waals surface area contributed by atoms with Gasteiger partial charge in [0.1, 0.15) is 11.1 Å². The van der Waals surface area contributed by atoms with Crippen molar-refractivity contribution in [3.63, 3.8) is 0 Å². The van der Waals surface area contributed by atoms with Crippen molar-refractivity contribution in [1.29, 1.82) is 5.26 Å². The first-order chi connectivity index (χ1) is 8.69. The van der Waals surface area contributed by atoms with E-state index in [4.69, 9.17) is 5.26 Å². The van der Waals surface area contributed by atoms with E-state index in [1.807, 2.05) is 5.38 Å². The van der Waals surface area contributed by atoms with Gasteiger partial charge in [-0.1, -0.05) is 0 Å². The Morgan fingerprint density at radius 1 is 1.50 bits per heavy atom. The molecule has 0 atom stereocenters. The molecule has 1 aromatic heterocycles. The van der Waals surface area contributed by atoms with Crippen LogP contribution in [0.1, 0.15) is 5.56 Å². The summed E-state index contributed by atoms with van der Waals surface area (Å²) in [5.41, 5.74) is 0.534. The molecule has 96 valence electrons. The van der Waals surface area contributed by atoms with Gasteiger partial charge in [-0.05, 0) is 18.5 Å². The molecular formula is C12H16N4OS. The van der Waals surface area contributed by atoms with Crippen molar-refractivity contribution in [2.45, 2.75) is 0 Å². The molecule has 1 saturated heterocycles. The van der Waals surface area contributed by atoms with E-state index >= 15 is 0 Å². The number of thiophene rings is 1. The van der Waals surface area contributed by atoms with Gasteiger partial charge in [-0.2, -0.15) is 5.26 Å². The van der Waals surface area contributed by atoms with E-state index < -0.39 is 0 Å². The minimum Gasteiger partial charge on any atom is -0.315 e. The summed E-state index contributed by atoms with van der Waals surface area (Å²) in [5.74, 6) is -0.0431. The third-order valence-corrected chi connectivity index (χ3v) is 3.83. The average Bonchev–Trinajstić information content (AvgIpc) is 2.79. The van der Waals surface area contributed by atoms with E-state index in [0.717, 1.165) is 26.2 Å². The van der Waals surface area contributed by atoms with Crippen molar-refractivity contribution in [3.8, 4) is 6.07 Å². The van der Waals surface area contributed by atoms with Gasteiger partial charge in [0.25, 0.3) is 0 Å². The van der Waals surface area contributed by atoms with Crippen LogP contribution in [-0.4, -0.2) is 55.5 Å². The Morgan fingerprint density at radius 3 is 2.89 bits per heavy atom. The molecule has 0 aliphatic carbocycles. The van der Waals surface area contributed by atoms with Crippen molar-refractivity contribution in [1.82, 2.24) is 9.80 Å². The van der Waals surface area contributed by atoms with E-state index in [2.05, 4.69) is 28.2 Å². The molecule has 2 rings (SSSR count). The number of amides is 1. The van der Waals surface area contributed by atoms with Crippen molar-refractivity contribution >= 4 is 22.2 Å². The van der Waals surface area contributed by atoms with E-state index in [9.17, 15) is 4.79 Å². The molecule has 5 nitrogen and oxygen atoms in total. The molecule has 1 aromatic rings. The van der Waals surface area contributed by atoms with Gasteiger partial charge >= 0.3 is 0 Å². The fourth-order valence-electron chi connectivity index (χ4n) is 1.87. The van der Waals surface area contributed by atoms with Gasteiger partial charge in [0, 0.05) is 26.2 Å². The summed E-state index contributed by atoms with van der Waals surface area (Å²) < 4.78 is 0. The van der Waals surface area contributed by atoms with Crippen LogP contribution in [0.2, 0.25) is 0 Å². The first-order valence-corrected chi connectivity index (χ1v) is 6.75. The number of nitrogens with one attached hydrogen (secondary N) is 1. The molecule has 18 heavy (non-hydrogen) atoms. The summed E-state index contributed by atoms with van der Waals surface area (Å²) in [6, 6.07) is 3.78. The molecule has 1 aliphatic rings. The molecule has 0 aromatic carbocycles. The number of piperazine rings is 1. The van der Waals surface area contributed by atoms with Crippen molar-refractivity contribution < 1.29 is 4.79 Å². The standard InChI is InChI=1S/C12H16N4OS/c1-15-3-5-16(6-4-15)9-11(17)14-12-10(8-13)2-7-18-12/h2,7H,3-6,9H2,1H3,(H,14,17). The topological polar surface area (TPSA) is 59.4 Å². The Hall–Kier alpha value is -1.42. The average molecular weight is 264 g/mol. The lowest BCUT2D eigenvalue weighted by molar-refractivity contribution is -0.117. The van der Waals surface area contributed by atoms with Gasteiger partial charge in [-0.25, -0.2) is 0 Å². The molecule has 0 bridgehead atoms. The summed E-state index contributed by atoms with van der Waals surface area (Å²) in [5, 5.41) is 14.1. The van der Waals surface area contributed by atoms with Crippen LogP contribution in [0, 0.1) is 11.3 Å². The number of carbonyl (C=O) groups excluding carboxylic acids is 1. The van der Waals surface area contributed by atoms with E-state index in [1.54, 1.807) is 6.07 Å². The molecule has 0 saturated carbocycles. The maximum atomic E-state index is 11.9. The van der Waals surface area contributed by atoms with Crippen molar-refractivity contribution in [2.24, 2.45) is 0 Å². The number of carbonyl (C=O) groups is 1. The van der Waals surface area contributed by atoms with Crippen molar-refractivity contribution in [3.05, 3.63) is 17.0 Å². The lowest BCUT2D eigenvalue weighted by Gasteiger charge is -2.31. The zero-order chi connectivity index (χ0) is 13.0. The second kappa shape index (κ2) is 5.96. The van der Waals surface area contributed by atoms with Gasteiger partial charge in [-0.3, -0.25) is 9.69 Å². The molecule has 6 heteroatoms. The van der Waals surface area contributed by atoms with E-state index in [1.165, 1.54) is 11.3 Å². The number of anilines is 1. The Bertz CT molecular complexity index is 457. The van der Waals surface area contributed by atoms with Crippen molar-refractivity contribution in [2.75, 3.05) is 45.1 Å². The van der Waals surface area contributed by atoms with Crippen LogP contribution in [0.15, 0.2) is 11.4 Å². The minimum absolute atomic E-state index is 0.0431. The molecule has 1 N–H and O–H groups in total. The molecule has 2 heterocycles. The van der Waals surface area contributed by atoms with E-state index in [0.29, 0.717) is 17.1 Å². The fourth-order valence-corrected chi connectivity index (χ4v) is 2.62. The van der Waals surface area contributed by atoms with Crippen LogP contribution in [0.4, 0.5) is 5.00 Å². The largest absolute Gasteiger partial charge is 0.315 e. The van der Waals surface area contributed by atoms with Crippen LogP contribution < -0.4 is 5.32 Å². The lowest BCUT2D eigenvalue weighted by Crippen LogP contribution is -2.47. The Balaban J connectivity index is 1.84. The van der Waals surface area contributed by atoms with Crippen LogP contribution in [0.5, 0.6) is 0 Å². The van der Waals surface area contributed by atoms with Crippen LogP contribution in [0.3, 0.4) is 0 Å². The SMILES string of the molecule is CN1CCN(CC(=O)Nc2sccc2C#N)CC1. The molecule has 1 amide bonds. The van der Waals surface area contributed by atoms with E-state index in [-0.39, 0.29) is 5.91 Å². The van der Waals surface area contributed by atoms with Gasteiger partial charge < -0.3 is 10.2 Å². The zero-order valence-electron chi connectivity index (χ0n) is 10.3. The number of nitrogens with zero attached hydrogens (tertiary/aromatic N) is 3. The Labute approximate surface area is 111 Å². The second-order valence-electron chi connectivity index (χ2n) is 4.40. The second-order valence-corrected chi connectivity index (χ2v) is 5.32. The molecule has 1 fully saturated rings. The maximum absolute atomic E-state index is 11.9. The summed E-state index contributed by atoms with van der Waals surface area (Å²) in [6.45, 7) is 4.22. The Morgan fingerprint density at radius 2 is 2.22 bits per heavy atom. The highest BCUT2D eigenvalue weighted by molar-refractivity contribution is 7.14. The van der Waals surface area contributed by atoms with Crippen LogP contribution in [-0.2, 0) is 4.79 Å². The fraction of sp³-hybridized carbons (Fsp3) is 0.500. The monoisotopic (exact) mass is 264 g/mol. The number of nitriles is 1. The number of hydrogen-bond donors (Lipinski definition) is 1. The third-order valence-electron chi connectivity index (χ3n) is 3.00. The predicted octanol–water partition coefficient (Wildman–Crippen LogP) is 0.806. The Kier molecular flexibility index (Phi) is 4.31. The van der Waals surface area contributed by atoms with Gasteiger partial charge in [0.05, 0.1) is 12.1 Å². The minimum atomic E-state index is -0.0431. The van der Waals surface area contributed by atoms with Gasteiger partial charge in [0.2, 0.25) is 5.91 Å². The molecular weight excluding hydrogens is 248 g/mol. The molecule has 0 radical (unpaired) electrons. The normalized spacial score (nSPS) is 17.3. The molecule has 1 aliphatic heterocycles. The third kappa shape index (κ3) is 3.29.